The van der Waals surface area contributed by atoms with E-state index >= 15 is 0 Å². The molecule has 1 aliphatic heterocycles. The highest BCUT2D eigenvalue weighted by Gasteiger charge is 2.33. The van der Waals surface area contributed by atoms with Gasteiger partial charge in [0.25, 0.3) is 5.56 Å². The number of aromatic carboxylic acids is 1. The highest BCUT2D eigenvalue weighted by atomic mass is 32.1. The predicted octanol–water partition coefficient (Wildman–Crippen LogP) is 3.77. The topological polar surface area (TPSA) is 120 Å². The summed E-state index contributed by atoms with van der Waals surface area (Å²) >= 11 is 1.20. The number of benzene rings is 2. The minimum Gasteiger partial charge on any atom is -0.497 e. The van der Waals surface area contributed by atoms with Crippen LogP contribution in [0.3, 0.4) is 0 Å². The van der Waals surface area contributed by atoms with Gasteiger partial charge in [-0.1, -0.05) is 35.6 Å². The summed E-state index contributed by atoms with van der Waals surface area (Å²) in [5.41, 5.74) is 2.05. The Morgan fingerprint density at radius 3 is 2.46 bits per heavy atom. The van der Waals surface area contributed by atoms with Crippen molar-refractivity contribution in [3.63, 3.8) is 0 Å². The standard InChI is InChI=1S/C29H24N2O7S/c1-4-37-28(35)24-16(2)30-29-31(25(24)18-9-11-20(36-3)12-10-18)26(32)23(39-29)15-21-13-14-22(38-21)17-5-7-19(8-6-17)27(33)34/h5-15,25H,4H2,1-3H3,(H,33,34)/b23-15-/t25-/m1/s1. The SMILES string of the molecule is CCOC(=O)C1=C(C)N=c2s/c(=C\c3ccc(-c4ccc(C(=O)O)cc4)o3)c(=O)n2[C@@H]1c1ccc(OC)cc1. The molecule has 1 aliphatic rings. The third-order valence-corrected chi connectivity index (χ3v) is 7.25. The number of ether oxygens (including phenoxy) is 2. The van der Waals surface area contributed by atoms with Gasteiger partial charge in [0, 0.05) is 11.6 Å². The van der Waals surface area contributed by atoms with Gasteiger partial charge in [-0.25, -0.2) is 14.6 Å². The lowest BCUT2D eigenvalue weighted by Gasteiger charge is -2.24. The number of carbonyl (C=O) groups excluding carboxylic acids is 1. The normalized spacial score (nSPS) is 15.1. The lowest BCUT2D eigenvalue weighted by molar-refractivity contribution is -0.139. The maximum Gasteiger partial charge on any atom is 0.338 e. The molecule has 0 radical (unpaired) electrons. The van der Waals surface area contributed by atoms with E-state index in [0.29, 0.717) is 49.0 Å². The summed E-state index contributed by atoms with van der Waals surface area (Å²) in [5.74, 6) is 0.0861. The Balaban J connectivity index is 1.59. The summed E-state index contributed by atoms with van der Waals surface area (Å²) in [5, 5.41) is 9.11. The van der Waals surface area contributed by atoms with Crippen LogP contribution < -0.4 is 19.6 Å². The van der Waals surface area contributed by atoms with Gasteiger partial charge < -0.3 is 19.0 Å². The Labute approximate surface area is 226 Å². The van der Waals surface area contributed by atoms with Gasteiger partial charge in [0.15, 0.2) is 4.80 Å². The number of carboxylic acid groups (broad SMARTS) is 1. The third-order valence-electron chi connectivity index (χ3n) is 6.27. The van der Waals surface area contributed by atoms with E-state index < -0.39 is 18.0 Å². The van der Waals surface area contributed by atoms with Crippen LogP contribution in [-0.2, 0) is 9.53 Å². The van der Waals surface area contributed by atoms with Crippen LogP contribution in [-0.4, -0.2) is 35.3 Å². The monoisotopic (exact) mass is 544 g/mol. The van der Waals surface area contributed by atoms with Gasteiger partial charge in [-0.05, 0) is 55.8 Å². The van der Waals surface area contributed by atoms with Crippen molar-refractivity contribution in [3.8, 4) is 17.1 Å². The van der Waals surface area contributed by atoms with Crippen molar-refractivity contribution >= 4 is 29.4 Å². The van der Waals surface area contributed by atoms with Gasteiger partial charge >= 0.3 is 11.9 Å². The van der Waals surface area contributed by atoms with Crippen molar-refractivity contribution in [2.45, 2.75) is 19.9 Å². The Bertz CT molecular complexity index is 1770. The molecular formula is C29H24N2O7S. The number of rotatable bonds is 7. The van der Waals surface area contributed by atoms with Gasteiger partial charge in [-0.15, -0.1) is 0 Å². The maximum atomic E-state index is 13.7. The van der Waals surface area contributed by atoms with Crippen LogP contribution in [0.5, 0.6) is 5.75 Å². The number of thiazole rings is 1. The largest absolute Gasteiger partial charge is 0.497 e. The highest BCUT2D eigenvalue weighted by Crippen LogP contribution is 2.31. The lowest BCUT2D eigenvalue weighted by atomic mass is 9.96. The van der Waals surface area contributed by atoms with E-state index in [-0.39, 0.29) is 17.7 Å². The molecule has 10 heteroatoms. The number of furan rings is 1. The Morgan fingerprint density at radius 1 is 1.10 bits per heavy atom. The van der Waals surface area contributed by atoms with Crippen molar-refractivity contribution in [3.05, 3.63) is 109 Å². The molecule has 5 rings (SSSR count). The molecule has 3 heterocycles. The first-order chi connectivity index (χ1) is 18.8. The second-order valence-electron chi connectivity index (χ2n) is 8.66. The van der Waals surface area contributed by atoms with Crippen LogP contribution >= 0.6 is 11.3 Å². The van der Waals surface area contributed by atoms with E-state index in [1.807, 2.05) is 12.1 Å². The fourth-order valence-corrected chi connectivity index (χ4v) is 5.41. The molecule has 2 aromatic carbocycles. The van der Waals surface area contributed by atoms with Crippen molar-refractivity contribution in [2.75, 3.05) is 13.7 Å². The number of fused-ring (bicyclic) bond motifs is 1. The molecule has 39 heavy (non-hydrogen) atoms. The fraction of sp³-hybridized carbons (Fsp3) is 0.172. The molecule has 4 aromatic rings. The summed E-state index contributed by atoms with van der Waals surface area (Å²) < 4.78 is 18.4. The van der Waals surface area contributed by atoms with E-state index in [4.69, 9.17) is 19.0 Å². The van der Waals surface area contributed by atoms with Gasteiger partial charge in [0.2, 0.25) is 0 Å². The summed E-state index contributed by atoms with van der Waals surface area (Å²) in [6, 6.07) is 16.3. The summed E-state index contributed by atoms with van der Waals surface area (Å²) in [4.78, 5) is 42.9. The van der Waals surface area contributed by atoms with Gasteiger partial charge in [0.05, 0.1) is 41.1 Å². The second-order valence-corrected chi connectivity index (χ2v) is 9.67. The van der Waals surface area contributed by atoms with E-state index in [0.717, 1.165) is 0 Å². The quantitative estimate of drug-likeness (QED) is 0.352. The van der Waals surface area contributed by atoms with Gasteiger partial charge in [0.1, 0.15) is 17.3 Å². The number of carboxylic acids is 1. The number of allylic oxidation sites excluding steroid dienone is 1. The first kappa shape index (κ1) is 25.9. The van der Waals surface area contributed by atoms with E-state index in [2.05, 4.69) is 4.99 Å². The number of carbonyl (C=O) groups is 2. The van der Waals surface area contributed by atoms with Gasteiger partial charge in [-0.2, -0.15) is 0 Å². The van der Waals surface area contributed by atoms with Crippen LogP contribution in [0.4, 0.5) is 0 Å². The summed E-state index contributed by atoms with van der Waals surface area (Å²) in [6.45, 7) is 3.65. The number of hydrogen-bond acceptors (Lipinski definition) is 8. The highest BCUT2D eigenvalue weighted by molar-refractivity contribution is 7.07. The maximum absolute atomic E-state index is 13.7. The Morgan fingerprint density at radius 2 is 1.82 bits per heavy atom. The zero-order chi connectivity index (χ0) is 27.7. The number of aromatic nitrogens is 1. The van der Waals surface area contributed by atoms with Gasteiger partial charge in [-0.3, -0.25) is 9.36 Å². The van der Waals surface area contributed by atoms with Crippen molar-refractivity contribution < 1.29 is 28.6 Å². The minimum atomic E-state index is -1.01. The number of nitrogens with zero attached hydrogens (tertiary/aromatic N) is 2. The fourth-order valence-electron chi connectivity index (χ4n) is 4.38. The predicted molar refractivity (Wildman–Crippen MR) is 144 cm³/mol. The molecule has 0 aliphatic carbocycles. The summed E-state index contributed by atoms with van der Waals surface area (Å²) in [7, 11) is 1.57. The first-order valence-corrected chi connectivity index (χ1v) is 12.9. The van der Waals surface area contributed by atoms with E-state index in [1.165, 1.54) is 28.0 Å². The third kappa shape index (κ3) is 4.94. The van der Waals surface area contributed by atoms with Crippen LogP contribution in [0, 0.1) is 0 Å². The van der Waals surface area contributed by atoms with E-state index in [1.54, 1.807) is 63.4 Å². The van der Waals surface area contributed by atoms with Crippen LogP contribution in [0.25, 0.3) is 17.4 Å². The smallest absolute Gasteiger partial charge is 0.338 e. The molecule has 0 spiro atoms. The second kappa shape index (κ2) is 10.6. The first-order valence-electron chi connectivity index (χ1n) is 12.1. The molecule has 9 nitrogen and oxygen atoms in total. The Hall–Kier alpha value is -4.70. The number of esters is 1. The molecule has 0 amide bonds. The summed E-state index contributed by atoms with van der Waals surface area (Å²) in [6.07, 6.45) is 1.63. The average molecular weight is 545 g/mol. The van der Waals surface area contributed by atoms with Crippen molar-refractivity contribution in [2.24, 2.45) is 4.99 Å². The molecule has 0 saturated carbocycles. The molecule has 2 aromatic heterocycles. The molecule has 0 bridgehead atoms. The van der Waals surface area contributed by atoms with Crippen LogP contribution in [0.15, 0.2) is 86.1 Å². The lowest BCUT2D eigenvalue weighted by Crippen LogP contribution is -2.39. The molecule has 1 N–H and O–H groups in total. The molecular weight excluding hydrogens is 520 g/mol. The van der Waals surface area contributed by atoms with Crippen molar-refractivity contribution in [1.29, 1.82) is 0 Å². The molecule has 1 atom stereocenters. The zero-order valence-electron chi connectivity index (χ0n) is 21.3. The van der Waals surface area contributed by atoms with Crippen molar-refractivity contribution in [1.82, 2.24) is 4.57 Å². The minimum absolute atomic E-state index is 0.176. The average Bonchev–Trinajstić information content (AvgIpc) is 3.52. The van der Waals surface area contributed by atoms with Crippen LogP contribution in [0.1, 0.15) is 41.6 Å². The molecule has 0 fully saturated rings. The van der Waals surface area contributed by atoms with E-state index in [9.17, 15) is 14.4 Å². The zero-order valence-corrected chi connectivity index (χ0v) is 22.2. The van der Waals surface area contributed by atoms with Crippen LogP contribution in [0.2, 0.25) is 0 Å². The molecule has 0 unspecified atom stereocenters. The number of hydrogen-bond donors (Lipinski definition) is 1. The molecule has 198 valence electrons. The molecule has 0 saturated heterocycles. The number of methoxy groups -OCH3 is 1. The Kier molecular flexibility index (Phi) is 7.03.